The van der Waals surface area contributed by atoms with E-state index < -0.39 is 0 Å². The molecule has 0 amide bonds. The van der Waals surface area contributed by atoms with Gasteiger partial charge < -0.3 is 10.2 Å². The summed E-state index contributed by atoms with van der Waals surface area (Å²) in [6.07, 6.45) is 0. The average Bonchev–Trinajstić information content (AvgIpc) is 2.34. The second-order valence-corrected chi connectivity index (χ2v) is 4.52. The van der Waals surface area contributed by atoms with Gasteiger partial charge >= 0.3 is 0 Å². The van der Waals surface area contributed by atoms with Crippen LogP contribution < -0.4 is 5.73 Å². The minimum absolute atomic E-state index is 0.156. The van der Waals surface area contributed by atoms with E-state index in [0.717, 1.165) is 17.3 Å². The molecule has 13 heavy (non-hydrogen) atoms. The summed E-state index contributed by atoms with van der Waals surface area (Å²) in [4.78, 5) is 4.37. The molecule has 1 saturated carbocycles. The summed E-state index contributed by atoms with van der Waals surface area (Å²) in [5.74, 6) is 2.03. The fraction of sp³-hybridized carbons (Fsp3) is 0.700. The molecule has 1 heterocycles. The molecule has 1 aromatic rings. The maximum atomic E-state index is 5.94. The zero-order valence-electron chi connectivity index (χ0n) is 8.59. The van der Waals surface area contributed by atoms with E-state index in [1.54, 1.807) is 0 Å². The third kappa shape index (κ3) is 1.10. The second-order valence-electron chi connectivity index (χ2n) is 4.52. The molecule has 72 valence electrons. The number of rotatable bonds is 1. The Balaban J connectivity index is 2.29. The van der Waals surface area contributed by atoms with Crippen LogP contribution in [0, 0.1) is 19.3 Å². The van der Waals surface area contributed by atoms with E-state index in [9.17, 15) is 0 Å². The lowest BCUT2D eigenvalue weighted by atomic mass is 10.1. The Morgan fingerprint density at radius 1 is 1.38 bits per heavy atom. The van der Waals surface area contributed by atoms with Gasteiger partial charge in [-0.1, -0.05) is 13.8 Å². The van der Waals surface area contributed by atoms with Crippen molar-refractivity contribution in [2.45, 2.75) is 39.7 Å². The molecular weight excluding hydrogens is 164 g/mol. The van der Waals surface area contributed by atoms with Gasteiger partial charge in [-0.2, -0.15) is 0 Å². The molecule has 0 unspecified atom stereocenters. The Bertz CT molecular complexity index is 321. The zero-order valence-corrected chi connectivity index (χ0v) is 8.59. The number of hydrogen-bond donors (Lipinski definition) is 1. The Labute approximate surface area is 78.3 Å². The molecule has 0 radical (unpaired) electrons. The van der Waals surface area contributed by atoms with Gasteiger partial charge in [0.25, 0.3) is 0 Å². The highest BCUT2D eigenvalue weighted by atomic mass is 16.4. The number of nitrogens with zero attached hydrogens (tertiary/aromatic N) is 1. The normalized spacial score (nSPS) is 30.5. The van der Waals surface area contributed by atoms with Gasteiger partial charge in [0.2, 0.25) is 0 Å². The molecule has 0 spiro atoms. The van der Waals surface area contributed by atoms with Gasteiger partial charge in [0.05, 0.1) is 11.6 Å². The van der Waals surface area contributed by atoms with Crippen LogP contribution in [0.5, 0.6) is 0 Å². The quantitative estimate of drug-likeness (QED) is 0.716. The highest BCUT2D eigenvalue weighted by Gasteiger charge is 2.59. The molecule has 0 aliphatic heterocycles. The summed E-state index contributed by atoms with van der Waals surface area (Å²) >= 11 is 0. The first-order valence-electron chi connectivity index (χ1n) is 4.64. The van der Waals surface area contributed by atoms with Crippen molar-refractivity contribution < 1.29 is 4.42 Å². The van der Waals surface area contributed by atoms with Crippen LogP contribution in [-0.2, 0) is 0 Å². The van der Waals surface area contributed by atoms with Crippen LogP contribution in [-0.4, -0.2) is 11.0 Å². The number of hydrogen-bond acceptors (Lipinski definition) is 3. The lowest BCUT2D eigenvalue weighted by Crippen LogP contribution is -2.06. The third-order valence-corrected chi connectivity index (χ3v) is 3.22. The van der Waals surface area contributed by atoms with Crippen molar-refractivity contribution >= 4 is 0 Å². The molecule has 2 N–H and O–H groups in total. The first-order chi connectivity index (χ1) is 5.94. The van der Waals surface area contributed by atoms with E-state index in [0.29, 0.717) is 5.92 Å². The third-order valence-electron chi connectivity index (χ3n) is 3.22. The van der Waals surface area contributed by atoms with E-state index in [-0.39, 0.29) is 11.5 Å². The molecule has 2 atom stereocenters. The highest BCUT2D eigenvalue weighted by molar-refractivity contribution is 5.24. The lowest BCUT2D eigenvalue weighted by Gasteiger charge is -1.96. The van der Waals surface area contributed by atoms with E-state index in [1.807, 2.05) is 13.8 Å². The van der Waals surface area contributed by atoms with Crippen LogP contribution in [0.15, 0.2) is 4.42 Å². The van der Waals surface area contributed by atoms with Crippen molar-refractivity contribution in [2.24, 2.45) is 11.1 Å². The first-order valence-corrected chi connectivity index (χ1v) is 4.64. The van der Waals surface area contributed by atoms with Crippen molar-refractivity contribution in [2.75, 3.05) is 0 Å². The van der Waals surface area contributed by atoms with E-state index in [4.69, 9.17) is 10.2 Å². The second kappa shape index (κ2) is 2.35. The van der Waals surface area contributed by atoms with Crippen LogP contribution in [0.4, 0.5) is 0 Å². The van der Waals surface area contributed by atoms with Crippen molar-refractivity contribution in [1.29, 1.82) is 0 Å². The summed E-state index contributed by atoms with van der Waals surface area (Å²) in [5.41, 5.74) is 7.07. The average molecular weight is 180 g/mol. The first kappa shape index (κ1) is 8.75. The van der Waals surface area contributed by atoms with Gasteiger partial charge in [-0.05, 0) is 19.3 Å². The van der Waals surface area contributed by atoms with Crippen molar-refractivity contribution in [3.8, 4) is 0 Å². The van der Waals surface area contributed by atoms with E-state index >= 15 is 0 Å². The number of oxazole rings is 1. The standard InChI is InChI=1S/C10H16N2O/c1-5-6(2)13-9(12-5)7-8(11)10(7,3)4/h7-8H,11H2,1-4H3/t7-,8+/m0/s1. The monoisotopic (exact) mass is 180 g/mol. The van der Waals surface area contributed by atoms with Crippen molar-refractivity contribution in [3.63, 3.8) is 0 Å². The van der Waals surface area contributed by atoms with Gasteiger partial charge in [-0.15, -0.1) is 0 Å². The topological polar surface area (TPSA) is 52.0 Å². The summed E-state index contributed by atoms with van der Waals surface area (Å²) in [7, 11) is 0. The Morgan fingerprint density at radius 3 is 2.23 bits per heavy atom. The summed E-state index contributed by atoms with van der Waals surface area (Å²) in [6.45, 7) is 8.20. The van der Waals surface area contributed by atoms with Gasteiger partial charge in [0.15, 0.2) is 5.89 Å². The van der Waals surface area contributed by atoms with Crippen LogP contribution in [0.1, 0.15) is 37.1 Å². The van der Waals surface area contributed by atoms with Crippen LogP contribution in [0.3, 0.4) is 0 Å². The Hall–Kier alpha value is -0.830. The molecular formula is C10H16N2O. The summed E-state index contributed by atoms with van der Waals surface area (Å²) in [6, 6.07) is 0.199. The fourth-order valence-corrected chi connectivity index (χ4v) is 1.78. The molecule has 3 nitrogen and oxygen atoms in total. The van der Waals surface area contributed by atoms with Gasteiger partial charge in [-0.3, -0.25) is 0 Å². The summed E-state index contributed by atoms with van der Waals surface area (Å²) in [5, 5.41) is 0. The van der Waals surface area contributed by atoms with Gasteiger partial charge in [0.1, 0.15) is 5.76 Å². The minimum Gasteiger partial charge on any atom is -0.445 e. The predicted octanol–water partition coefficient (Wildman–Crippen LogP) is 1.74. The Morgan fingerprint density at radius 2 is 1.92 bits per heavy atom. The maximum Gasteiger partial charge on any atom is 0.199 e. The van der Waals surface area contributed by atoms with Crippen LogP contribution in [0.2, 0.25) is 0 Å². The molecule has 3 heteroatoms. The minimum atomic E-state index is 0.156. The number of nitrogens with two attached hydrogens (primary N) is 1. The molecule has 0 aromatic carbocycles. The smallest absolute Gasteiger partial charge is 0.199 e. The largest absolute Gasteiger partial charge is 0.445 e. The van der Waals surface area contributed by atoms with Gasteiger partial charge in [-0.25, -0.2) is 4.98 Å². The molecule has 0 bridgehead atoms. The van der Waals surface area contributed by atoms with Crippen molar-refractivity contribution in [1.82, 2.24) is 4.98 Å². The molecule has 0 saturated heterocycles. The van der Waals surface area contributed by atoms with E-state index in [1.165, 1.54) is 0 Å². The molecule has 1 aromatic heterocycles. The van der Waals surface area contributed by atoms with E-state index in [2.05, 4.69) is 18.8 Å². The predicted molar refractivity (Wildman–Crippen MR) is 50.5 cm³/mol. The number of aryl methyl sites for hydroxylation is 2. The molecule has 1 aliphatic rings. The fourth-order valence-electron chi connectivity index (χ4n) is 1.78. The molecule has 2 rings (SSSR count). The maximum absolute atomic E-state index is 5.94. The summed E-state index contributed by atoms with van der Waals surface area (Å²) < 4.78 is 5.55. The highest BCUT2D eigenvalue weighted by Crippen LogP contribution is 2.57. The molecule has 1 aliphatic carbocycles. The number of aromatic nitrogens is 1. The SMILES string of the molecule is Cc1nc([C@@H]2[C@@H](N)C2(C)C)oc1C. The van der Waals surface area contributed by atoms with Crippen molar-refractivity contribution in [3.05, 3.63) is 17.3 Å². The Kier molecular flexibility index (Phi) is 1.58. The molecule has 1 fully saturated rings. The van der Waals surface area contributed by atoms with Crippen LogP contribution >= 0.6 is 0 Å². The zero-order chi connectivity index (χ0) is 9.80. The lowest BCUT2D eigenvalue weighted by molar-refractivity contribution is 0.449. The van der Waals surface area contributed by atoms with Gasteiger partial charge in [0, 0.05) is 6.04 Å². The van der Waals surface area contributed by atoms with Crippen LogP contribution in [0.25, 0.3) is 0 Å².